The van der Waals surface area contributed by atoms with Crippen LogP contribution in [0.5, 0.6) is 0 Å². The van der Waals surface area contributed by atoms with E-state index in [4.69, 9.17) is 4.52 Å². The number of carbonyl (C=O) groups excluding carboxylic acids is 2. The second kappa shape index (κ2) is 8.82. The first-order valence-corrected chi connectivity index (χ1v) is 12.4. The van der Waals surface area contributed by atoms with Gasteiger partial charge in [0.15, 0.2) is 11.4 Å². The molecule has 0 atom stereocenters. The molecule has 0 radical (unpaired) electrons. The number of nitrogens with zero attached hydrogens (tertiary/aromatic N) is 3. The Bertz CT molecular complexity index is 1330. The molecule has 6 rings (SSSR count). The fourth-order valence-electron chi connectivity index (χ4n) is 5.94. The number of Topliss-reactive ketones (excluding diaryl/α,β-unsaturated/α-hetero) is 1. The van der Waals surface area contributed by atoms with Crippen LogP contribution in [0, 0.1) is 11.6 Å². The smallest absolute Gasteiger partial charge is 0.227 e. The van der Waals surface area contributed by atoms with Gasteiger partial charge in [-0.05, 0) is 75.5 Å². The minimum absolute atomic E-state index is 0.0455. The van der Waals surface area contributed by atoms with Crippen molar-refractivity contribution in [1.29, 1.82) is 0 Å². The highest BCUT2D eigenvalue weighted by Crippen LogP contribution is 2.40. The van der Waals surface area contributed by atoms with Gasteiger partial charge in [0.25, 0.3) is 0 Å². The molecule has 2 aromatic carbocycles. The molecule has 3 aromatic rings. The van der Waals surface area contributed by atoms with Gasteiger partial charge in [-0.2, -0.15) is 0 Å². The molecule has 0 aliphatic carbocycles. The first kappa shape index (κ1) is 22.3. The molecule has 3 aliphatic rings. The topological polar surface area (TPSA) is 66.7 Å². The van der Waals surface area contributed by atoms with Crippen molar-refractivity contribution in [3.05, 3.63) is 58.3 Å². The number of piperidine rings is 1. The van der Waals surface area contributed by atoms with Crippen LogP contribution >= 0.6 is 0 Å². The molecule has 1 saturated heterocycles. The summed E-state index contributed by atoms with van der Waals surface area (Å²) in [7, 11) is 0. The fourth-order valence-corrected chi connectivity index (χ4v) is 5.94. The van der Waals surface area contributed by atoms with Crippen LogP contribution in [0.2, 0.25) is 0 Å². The van der Waals surface area contributed by atoms with Crippen LogP contribution < -0.4 is 4.90 Å². The lowest BCUT2D eigenvalue weighted by Gasteiger charge is -2.31. The predicted molar refractivity (Wildman–Crippen MR) is 127 cm³/mol. The number of amides is 1. The maximum atomic E-state index is 15.2. The average molecular weight is 480 g/mol. The monoisotopic (exact) mass is 479 g/mol. The number of hydrogen-bond acceptors (Lipinski definition) is 5. The zero-order valence-electron chi connectivity index (χ0n) is 19.5. The largest absolute Gasteiger partial charge is 0.356 e. The number of rotatable bonds is 6. The molecule has 0 unspecified atom stereocenters. The summed E-state index contributed by atoms with van der Waals surface area (Å²) in [6, 6.07) is 6.21. The van der Waals surface area contributed by atoms with E-state index in [1.54, 1.807) is 17.0 Å². The van der Waals surface area contributed by atoms with Crippen LogP contribution in [0.3, 0.4) is 0 Å². The summed E-state index contributed by atoms with van der Waals surface area (Å²) < 4.78 is 33.9. The molecule has 1 fully saturated rings. The van der Waals surface area contributed by atoms with E-state index in [9.17, 15) is 14.0 Å². The van der Waals surface area contributed by atoms with Crippen LogP contribution in [0.4, 0.5) is 14.5 Å². The van der Waals surface area contributed by atoms with E-state index in [0.717, 1.165) is 49.1 Å². The Hall–Kier alpha value is -3.13. The standard InChI is InChI=1S/C27H27F2N3O3/c28-18-3-4-19-23(15-18)35-30-26(19)16-7-11-31(12-8-16)10-1-2-22(33)21-14-17-9-13-32-24(34)6-5-20(25(21)29)27(17)32/h3-4,14-16H,1-2,5-13H2. The SMILES string of the molecule is O=C(CCCN1CCC(c2noc3cc(F)ccc23)CC1)c1cc2c3c(c1F)CCC(=O)N3CC2. The lowest BCUT2D eigenvalue weighted by atomic mass is 9.91. The van der Waals surface area contributed by atoms with Crippen molar-refractivity contribution in [3.8, 4) is 0 Å². The van der Waals surface area contributed by atoms with E-state index < -0.39 is 5.82 Å². The molecular weight excluding hydrogens is 452 g/mol. The van der Waals surface area contributed by atoms with E-state index in [0.29, 0.717) is 55.5 Å². The number of anilines is 1. The summed E-state index contributed by atoms with van der Waals surface area (Å²) in [6.45, 7) is 3.13. The molecule has 0 N–H and O–H groups in total. The Labute approximate surface area is 201 Å². The summed E-state index contributed by atoms with van der Waals surface area (Å²) in [4.78, 5) is 29.0. The first-order valence-electron chi connectivity index (χ1n) is 12.4. The van der Waals surface area contributed by atoms with Crippen molar-refractivity contribution in [2.45, 2.75) is 50.9 Å². The molecule has 182 valence electrons. The number of aromatic nitrogens is 1. The van der Waals surface area contributed by atoms with Crippen LogP contribution in [0.1, 0.15) is 65.2 Å². The van der Waals surface area contributed by atoms with E-state index in [-0.39, 0.29) is 29.0 Å². The second-order valence-corrected chi connectivity index (χ2v) is 9.87. The van der Waals surface area contributed by atoms with E-state index in [2.05, 4.69) is 10.1 Å². The van der Waals surface area contributed by atoms with Gasteiger partial charge in [0.1, 0.15) is 11.6 Å². The van der Waals surface area contributed by atoms with Crippen molar-refractivity contribution < 1.29 is 22.9 Å². The lowest BCUT2D eigenvalue weighted by molar-refractivity contribution is -0.118. The summed E-state index contributed by atoms with van der Waals surface area (Å²) in [5, 5.41) is 5.08. The van der Waals surface area contributed by atoms with Crippen molar-refractivity contribution in [1.82, 2.24) is 10.1 Å². The third-order valence-electron chi connectivity index (χ3n) is 7.79. The number of benzene rings is 2. The zero-order chi connectivity index (χ0) is 24.1. The fraction of sp³-hybridized carbons (Fsp3) is 0.444. The maximum absolute atomic E-state index is 15.2. The summed E-state index contributed by atoms with van der Waals surface area (Å²) in [6.07, 6.45) is 4.17. The molecule has 35 heavy (non-hydrogen) atoms. The quantitative estimate of drug-likeness (QED) is 0.476. The normalized spacial score (nSPS) is 18.5. The van der Waals surface area contributed by atoms with E-state index in [1.165, 1.54) is 12.1 Å². The number of ketones is 1. The molecule has 0 spiro atoms. The highest BCUT2D eigenvalue weighted by Gasteiger charge is 2.35. The minimum Gasteiger partial charge on any atom is -0.356 e. The molecule has 4 heterocycles. The molecule has 0 saturated carbocycles. The number of hydrogen-bond donors (Lipinski definition) is 0. The molecule has 8 heteroatoms. The number of likely N-dealkylation sites (tertiary alicyclic amines) is 1. The van der Waals surface area contributed by atoms with Gasteiger partial charge >= 0.3 is 0 Å². The first-order chi connectivity index (χ1) is 17.0. The van der Waals surface area contributed by atoms with Gasteiger partial charge in [-0.25, -0.2) is 8.78 Å². The molecule has 1 amide bonds. The maximum Gasteiger partial charge on any atom is 0.227 e. The van der Waals surface area contributed by atoms with Gasteiger partial charge in [0.2, 0.25) is 5.91 Å². The summed E-state index contributed by atoms with van der Waals surface area (Å²) in [5.74, 6) is -0.615. The minimum atomic E-state index is -0.436. The third-order valence-corrected chi connectivity index (χ3v) is 7.79. The summed E-state index contributed by atoms with van der Waals surface area (Å²) in [5.41, 5.74) is 3.72. The van der Waals surface area contributed by atoms with Gasteiger partial charge in [-0.3, -0.25) is 9.59 Å². The molecule has 1 aromatic heterocycles. The number of halogens is 2. The van der Waals surface area contributed by atoms with Crippen LogP contribution in [0.15, 0.2) is 28.8 Å². The Balaban J connectivity index is 1.05. The van der Waals surface area contributed by atoms with Crippen molar-refractivity contribution >= 4 is 28.3 Å². The zero-order valence-corrected chi connectivity index (χ0v) is 19.5. The van der Waals surface area contributed by atoms with E-state index >= 15 is 4.39 Å². The van der Waals surface area contributed by atoms with Crippen molar-refractivity contribution in [2.24, 2.45) is 0 Å². The summed E-state index contributed by atoms with van der Waals surface area (Å²) >= 11 is 0. The van der Waals surface area contributed by atoms with Gasteiger partial charge in [0.05, 0.1) is 16.9 Å². The highest BCUT2D eigenvalue weighted by atomic mass is 19.1. The molecule has 3 aliphatic heterocycles. The van der Waals surface area contributed by atoms with Gasteiger partial charge in [0, 0.05) is 42.3 Å². The van der Waals surface area contributed by atoms with Crippen molar-refractivity contribution in [2.75, 3.05) is 31.1 Å². The highest BCUT2D eigenvalue weighted by molar-refractivity contribution is 6.02. The van der Waals surface area contributed by atoms with Crippen LogP contribution in [-0.4, -0.2) is 47.9 Å². The number of fused-ring (bicyclic) bond motifs is 1. The predicted octanol–water partition coefficient (Wildman–Crippen LogP) is 4.78. The van der Waals surface area contributed by atoms with Crippen LogP contribution in [-0.2, 0) is 17.6 Å². The third kappa shape index (κ3) is 3.93. The molecule has 0 bridgehead atoms. The Morgan fingerprint density at radius 1 is 1.09 bits per heavy atom. The Morgan fingerprint density at radius 3 is 2.74 bits per heavy atom. The van der Waals surface area contributed by atoms with Gasteiger partial charge < -0.3 is 14.3 Å². The average Bonchev–Trinajstić information content (AvgIpc) is 3.48. The van der Waals surface area contributed by atoms with Crippen LogP contribution in [0.25, 0.3) is 11.0 Å². The van der Waals surface area contributed by atoms with Gasteiger partial charge in [-0.1, -0.05) is 5.16 Å². The molecular formula is C27H27F2N3O3. The second-order valence-electron chi connectivity index (χ2n) is 9.87. The molecule has 6 nitrogen and oxygen atoms in total. The lowest BCUT2D eigenvalue weighted by Crippen LogP contribution is -2.34. The van der Waals surface area contributed by atoms with Gasteiger partial charge in [-0.15, -0.1) is 0 Å². The van der Waals surface area contributed by atoms with Crippen molar-refractivity contribution in [3.63, 3.8) is 0 Å². The van der Waals surface area contributed by atoms with E-state index in [1.807, 2.05) is 0 Å². The Kier molecular flexibility index (Phi) is 5.63. The Morgan fingerprint density at radius 2 is 1.91 bits per heavy atom. The number of carbonyl (C=O) groups is 2.